The molecule has 4 heteroatoms. The maximum absolute atomic E-state index is 12.8. The lowest BCUT2D eigenvalue weighted by Crippen LogP contribution is -2.26. The third-order valence-electron chi connectivity index (χ3n) is 4.08. The van der Waals surface area contributed by atoms with Crippen LogP contribution in [-0.4, -0.2) is 17.9 Å². The van der Waals surface area contributed by atoms with Crippen molar-refractivity contribution in [1.29, 1.82) is 0 Å². The number of nitrogens with zero attached hydrogens (tertiary/aromatic N) is 1. The van der Waals surface area contributed by atoms with Crippen molar-refractivity contribution in [2.24, 2.45) is 0 Å². The SMILES string of the molecule is Cc1ccccc1COc1ccccc1C(=O)N(C)Cc1cccs1. The summed E-state index contributed by atoms with van der Waals surface area (Å²) in [6.07, 6.45) is 0. The molecule has 2 aromatic carbocycles. The minimum atomic E-state index is -0.0335. The van der Waals surface area contributed by atoms with E-state index in [2.05, 4.69) is 13.0 Å². The number of para-hydroxylation sites is 1. The molecule has 3 aromatic rings. The summed E-state index contributed by atoms with van der Waals surface area (Å²) in [5, 5.41) is 2.02. The molecule has 25 heavy (non-hydrogen) atoms. The fraction of sp³-hybridized carbons (Fsp3) is 0.190. The van der Waals surface area contributed by atoms with Gasteiger partial charge in [0.05, 0.1) is 12.1 Å². The standard InChI is InChI=1S/C21H21NO2S/c1-16-8-3-4-9-17(16)15-24-20-12-6-5-11-19(20)21(23)22(2)14-18-10-7-13-25-18/h3-13H,14-15H2,1-2H3. The van der Waals surface area contributed by atoms with Crippen LogP contribution in [0.4, 0.5) is 0 Å². The first-order valence-corrected chi connectivity index (χ1v) is 9.07. The molecule has 0 aliphatic carbocycles. The number of ether oxygens (including phenoxy) is 1. The topological polar surface area (TPSA) is 29.5 Å². The zero-order chi connectivity index (χ0) is 17.6. The number of carbonyl (C=O) groups excluding carboxylic acids is 1. The van der Waals surface area contributed by atoms with Gasteiger partial charge in [0, 0.05) is 11.9 Å². The molecular formula is C21H21NO2S. The molecule has 0 bridgehead atoms. The largest absolute Gasteiger partial charge is 0.488 e. The molecule has 0 saturated heterocycles. The first kappa shape index (κ1) is 17.2. The average molecular weight is 351 g/mol. The molecule has 0 aliphatic rings. The number of amides is 1. The van der Waals surface area contributed by atoms with E-state index in [1.165, 1.54) is 5.56 Å². The Morgan fingerprint density at radius 2 is 1.80 bits per heavy atom. The van der Waals surface area contributed by atoms with Crippen LogP contribution in [-0.2, 0) is 13.2 Å². The number of thiophene rings is 1. The first-order chi connectivity index (χ1) is 12.1. The second-order valence-corrected chi connectivity index (χ2v) is 6.98. The number of rotatable bonds is 6. The maximum atomic E-state index is 12.8. The second kappa shape index (κ2) is 7.99. The van der Waals surface area contributed by atoms with Crippen LogP contribution in [0.5, 0.6) is 5.75 Å². The van der Waals surface area contributed by atoms with Crippen molar-refractivity contribution in [3.05, 3.63) is 87.6 Å². The molecule has 0 radical (unpaired) electrons. The Labute approximate surface area is 152 Å². The van der Waals surface area contributed by atoms with Crippen LogP contribution in [0.15, 0.2) is 66.0 Å². The van der Waals surface area contributed by atoms with Crippen molar-refractivity contribution in [3.63, 3.8) is 0 Å². The van der Waals surface area contributed by atoms with Gasteiger partial charge in [-0.2, -0.15) is 0 Å². The van der Waals surface area contributed by atoms with Crippen molar-refractivity contribution >= 4 is 17.2 Å². The number of hydrogen-bond donors (Lipinski definition) is 0. The van der Waals surface area contributed by atoms with Gasteiger partial charge in [-0.15, -0.1) is 11.3 Å². The lowest BCUT2D eigenvalue weighted by molar-refractivity contribution is 0.0781. The number of carbonyl (C=O) groups is 1. The van der Waals surface area contributed by atoms with Crippen LogP contribution >= 0.6 is 11.3 Å². The van der Waals surface area contributed by atoms with Gasteiger partial charge in [-0.1, -0.05) is 42.5 Å². The number of hydrogen-bond acceptors (Lipinski definition) is 3. The van der Waals surface area contributed by atoms with Crippen molar-refractivity contribution in [1.82, 2.24) is 4.90 Å². The van der Waals surface area contributed by atoms with Crippen LogP contribution < -0.4 is 4.74 Å². The molecular weight excluding hydrogens is 330 g/mol. The molecule has 1 aromatic heterocycles. The Balaban J connectivity index is 1.74. The van der Waals surface area contributed by atoms with Gasteiger partial charge in [0.25, 0.3) is 5.91 Å². The Morgan fingerprint density at radius 3 is 2.56 bits per heavy atom. The van der Waals surface area contributed by atoms with Crippen molar-refractivity contribution in [2.45, 2.75) is 20.1 Å². The Hall–Kier alpha value is -2.59. The highest BCUT2D eigenvalue weighted by molar-refractivity contribution is 7.09. The molecule has 0 fully saturated rings. The van der Waals surface area contributed by atoms with Crippen LogP contribution in [0, 0.1) is 6.92 Å². The van der Waals surface area contributed by atoms with Gasteiger partial charge in [-0.25, -0.2) is 0 Å². The molecule has 0 atom stereocenters. The van der Waals surface area contributed by atoms with Crippen molar-refractivity contribution in [3.8, 4) is 5.75 Å². The molecule has 0 N–H and O–H groups in total. The highest BCUT2D eigenvalue weighted by Crippen LogP contribution is 2.22. The van der Waals surface area contributed by atoms with Crippen LogP contribution in [0.1, 0.15) is 26.4 Å². The normalized spacial score (nSPS) is 10.5. The van der Waals surface area contributed by atoms with Gasteiger partial charge in [0.1, 0.15) is 12.4 Å². The highest BCUT2D eigenvalue weighted by Gasteiger charge is 2.17. The van der Waals surface area contributed by atoms with E-state index in [1.54, 1.807) is 16.2 Å². The lowest BCUT2D eigenvalue weighted by Gasteiger charge is -2.19. The average Bonchev–Trinajstić information content (AvgIpc) is 3.13. The molecule has 3 rings (SSSR count). The van der Waals surface area contributed by atoms with Gasteiger partial charge < -0.3 is 9.64 Å². The summed E-state index contributed by atoms with van der Waals surface area (Å²) in [7, 11) is 1.82. The summed E-state index contributed by atoms with van der Waals surface area (Å²) in [6, 6.07) is 19.6. The van der Waals surface area contributed by atoms with E-state index >= 15 is 0 Å². The van der Waals surface area contributed by atoms with E-state index < -0.39 is 0 Å². The minimum Gasteiger partial charge on any atom is -0.488 e. The first-order valence-electron chi connectivity index (χ1n) is 8.19. The van der Waals surface area contributed by atoms with E-state index in [0.29, 0.717) is 24.5 Å². The minimum absolute atomic E-state index is 0.0335. The summed E-state index contributed by atoms with van der Waals surface area (Å²) in [4.78, 5) is 15.7. The predicted octanol–water partition coefficient (Wildman–Crippen LogP) is 4.91. The highest BCUT2D eigenvalue weighted by atomic mass is 32.1. The molecule has 0 spiro atoms. The summed E-state index contributed by atoms with van der Waals surface area (Å²) in [5.74, 6) is 0.586. The van der Waals surface area contributed by atoms with Crippen molar-refractivity contribution < 1.29 is 9.53 Å². The quantitative estimate of drug-likeness (QED) is 0.632. The predicted molar refractivity (Wildman–Crippen MR) is 102 cm³/mol. The maximum Gasteiger partial charge on any atom is 0.257 e. The van der Waals surface area contributed by atoms with Crippen LogP contribution in [0.3, 0.4) is 0 Å². The van der Waals surface area contributed by atoms with E-state index in [9.17, 15) is 4.79 Å². The summed E-state index contributed by atoms with van der Waals surface area (Å²) in [6.45, 7) is 3.11. The molecule has 0 aliphatic heterocycles. The van der Waals surface area contributed by atoms with Crippen LogP contribution in [0.2, 0.25) is 0 Å². The zero-order valence-electron chi connectivity index (χ0n) is 14.4. The third kappa shape index (κ3) is 4.28. The molecule has 1 heterocycles. The van der Waals surface area contributed by atoms with E-state index in [1.807, 2.05) is 67.0 Å². The van der Waals surface area contributed by atoms with E-state index in [-0.39, 0.29) is 5.91 Å². The smallest absolute Gasteiger partial charge is 0.257 e. The molecule has 128 valence electrons. The summed E-state index contributed by atoms with van der Waals surface area (Å²) in [5.41, 5.74) is 2.90. The Kier molecular flexibility index (Phi) is 5.51. The Morgan fingerprint density at radius 1 is 1.04 bits per heavy atom. The van der Waals surface area contributed by atoms with E-state index in [4.69, 9.17) is 4.74 Å². The molecule has 1 amide bonds. The second-order valence-electron chi connectivity index (χ2n) is 5.95. The van der Waals surface area contributed by atoms with Gasteiger partial charge in [-0.3, -0.25) is 4.79 Å². The third-order valence-corrected chi connectivity index (χ3v) is 4.94. The van der Waals surface area contributed by atoms with Crippen LogP contribution in [0.25, 0.3) is 0 Å². The van der Waals surface area contributed by atoms with Gasteiger partial charge >= 0.3 is 0 Å². The zero-order valence-corrected chi connectivity index (χ0v) is 15.3. The number of aryl methyl sites for hydroxylation is 1. The van der Waals surface area contributed by atoms with E-state index in [0.717, 1.165) is 10.4 Å². The summed E-state index contributed by atoms with van der Waals surface area (Å²) < 4.78 is 5.97. The van der Waals surface area contributed by atoms with Crippen molar-refractivity contribution in [2.75, 3.05) is 7.05 Å². The Bertz CT molecular complexity index is 843. The molecule has 0 unspecified atom stereocenters. The lowest BCUT2D eigenvalue weighted by atomic mass is 10.1. The molecule has 3 nitrogen and oxygen atoms in total. The van der Waals surface area contributed by atoms with Gasteiger partial charge in [0.2, 0.25) is 0 Å². The van der Waals surface area contributed by atoms with Gasteiger partial charge in [-0.05, 0) is 41.6 Å². The summed E-state index contributed by atoms with van der Waals surface area (Å²) >= 11 is 1.65. The fourth-order valence-electron chi connectivity index (χ4n) is 2.61. The van der Waals surface area contributed by atoms with Gasteiger partial charge in [0.15, 0.2) is 0 Å². The molecule has 0 saturated carbocycles. The fourth-order valence-corrected chi connectivity index (χ4v) is 3.37. The monoisotopic (exact) mass is 351 g/mol. The number of benzene rings is 2.